The van der Waals surface area contributed by atoms with E-state index in [-0.39, 0.29) is 22.4 Å². The van der Waals surface area contributed by atoms with E-state index < -0.39 is 35.8 Å². The van der Waals surface area contributed by atoms with Crippen molar-refractivity contribution in [1.82, 2.24) is 15.4 Å². The number of nitrogens with zero attached hydrogens (tertiary/aromatic N) is 3. The zero-order valence-corrected chi connectivity index (χ0v) is 18.5. The van der Waals surface area contributed by atoms with Crippen LogP contribution in [0.15, 0.2) is 40.9 Å². The van der Waals surface area contributed by atoms with Crippen LogP contribution in [0.25, 0.3) is 0 Å². The Morgan fingerprint density at radius 1 is 1.28 bits per heavy atom. The fourth-order valence-electron chi connectivity index (χ4n) is 2.92. The highest BCUT2D eigenvalue weighted by Crippen LogP contribution is 2.35. The lowest BCUT2D eigenvalue weighted by atomic mass is 9.90. The molecule has 1 aliphatic rings. The molecule has 168 valence electrons. The summed E-state index contributed by atoms with van der Waals surface area (Å²) in [6.45, 7) is 1.17. The van der Waals surface area contributed by atoms with E-state index in [1.54, 1.807) is 30.3 Å². The van der Waals surface area contributed by atoms with Gasteiger partial charge in [-0.3, -0.25) is 19.2 Å². The van der Waals surface area contributed by atoms with Crippen molar-refractivity contribution in [2.24, 2.45) is 5.16 Å². The van der Waals surface area contributed by atoms with Crippen LogP contribution < -0.4 is 10.6 Å². The lowest BCUT2D eigenvalue weighted by molar-refractivity contribution is -0.232. The van der Waals surface area contributed by atoms with Gasteiger partial charge in [0.05, 0.1) is 0 Å². The van der Waals surface area contributed by atoms with Crippen LogP contribution in [0.4, 0.5) is 5.13 Å². The molecule has 3 amide bonds. The SMILES string of the molecule is CON=C(C(=O)NC1C(=O)N(OC(C)=O)[C@@H]1c1ccccc1)c1csc(NC(=O)CCl)n1. The number of β-lactam (4-membered cyclic amide) rings is 1. The van der Waals surface area contributed by atoms with Crippen molar-refractivity contribution in [1.29, 1.82) is 0 Å². The minimum atomic E-state index is -1.01. The maximum absolute atomic E-state index is 12.9. The molecule has 0 saturated carbocycles. The standard InChI is InChI=1S/C19H18ClN5O6S/c1-10(26)31-25-16(11-6-4-3-5-7-11)15(18(25)29)23-17(28)14(24-30-2)12-9-32-19(21-12)22-13(27)8-20/h3-7,9,15-16H,8H2,1-2H3,(H,23,28)(H,21,22,27)/t15?,16-/m1/s1. The van der Waals surface area contributed by atoms with E-state index in [0.29, 0.717) is 5.56 Å². The summed E-state index contributed by atoms with van der Waals surface area (Å²) in [5.41, 5.74) is 0.573. The van der Waals surface area contributed by atoms with Crippen LogP contribution in [0.1, 0.15) is 24.2 Å². The number of benzene rings is 1. The van der Waals surface area contributed by atoms with Gasteiger partial charge in [-0.25, -0.2) is 4.98 Å². The van der Waals surface area contributed by atoms with Crippen LogP contribution in [-0.2, 0) is 28.9 Å². The number of rotatable bonds is 8. The molecule has 1 saturated heterocycles. The Hall–Kier alpha value is -3.51. The Morgan fingerprint density at radius 2 is 2.00 bits per heavy atom. The molecule has 0 aliphatic carbocycles. The Bertz CT molecular complexity index is 1060. The van der Waals surface area contributed by atoms with Crippen LogP contribution in [0.2, 0.25) is 0 Å². The number of oxime groups is 1. The van der Waals surface area contributed by atoms with E-state index in [4.69, 9.17) is 21.3 Å². The highest BCUT2D eigenvalue weighted by Gasteiger charge is 2.52. The smallest absolute Gasteiger partial charge is 0.329 e. The number of anilines is 1. The van der Waals surface area contributed by atoms with Crippen molar-refractivity contribution < 1.29 is 28.9 Å². The summed E-state index contributed by atoms with van der Waals surface area (Å²) >= 11 is 6.52. The fraction of sp³-hybridized carbons (Fsp3) is 0.263. The number of carbonyl (C=O) groups excluding carboxylic acids is 4. The number of aromatic nitrogens is 1. The van der Waals surface area contributed by atoms with Gasteiger partial charge in [0.2, 0.25) is 5.91 Å². The first-order valence-corrected chi connectivity index (χ1v) is 10.6. The Kier molecular flexibility index (Phi) is 7.38. The Morgan fingerprint density at radius 3 is 2.62 bits per heavy atom. The van der Waals surface area contributed by atoms with E-state index in [1.807, 2.05) is 0 Å². The number of hydroxylamine groups is 2. The van der Waals surface area contributed by atoms with E-state index in [0.717, 1.165) is 16.4 Å². The van der Waals surface area contributed by atoms with Gasteiger partial charge < -0.3 is 20.3 Å². The lowest BCUT2D eigenvalue weighted by Gasteiger charge is -2.44. The molecule has 3 rings (SSSR count). The minimum Gasteiger partial charge on any atom is -0.398 e. The van der Waals surface area contributed by atoms with E-state index in [2.05, 4.69) is 20.8 Å². The normalized spacial score (nSPS) is 17.9. The third kappa shape index (κ3) is 5.03. The molecule has 13 heteroatoms. The van der Waals surface area contributed by atoms with Crippen LogP contribution in [0.3, 0.4) is 0 Å². The molecule has 2 aromatic rings. The number of thiazole rings is 1. The predicted octanol–water partition coefficient (Wildman–Crippen LogP) is 1.22. The summed E-state index contributed by atoms with van der Waals surface area (Å²) in [5.74, 6) is -2.72. The second-order valence-electron chi connectivity index (χ2n) is 6.40. The number of halogens is 1. The zero-order chi connectivity index (χ0) is 23.3. The summed E-state index contributed by atoms with van der Waals surface area (Å²) < 4.78 is 0. The molecule has 1 aliphatic heterocycles. The molecule has 1 aromatic carbocycles. The molecule has 1 unspecified atom stereocenters. The van der Waals surface area contributed by atoms with Gasteiger partial charge in [-0.05, 0) is 5.56 Å². The number of hydrogen-bond donors (Lipinski definition) is 2. The average molecular weight is 480 g/mol. The number of carbonyl (C=O) groups is 4. The van der Waals surface area contributed by atoms with Crippen molar-refractivity contribution in [3.63, 3.8) is 0 Å². The third-order valence-corrected chi connectivity index (χ3v) is 5.22. The number of amides is 3. The van der Waals surface area contributed by atoms with Gasteiger partial charge in [0.15, 0.2) is 10.8 Å². The highest BCUT2D eigenvalue weighted by atomic mass is 35.5. The van der Waals surface area contributed by atoms with Crippen LogP contribution in [-0.4, -0.2) is 58.5 Å². The summed E-state index contributed by atoms with van der Waals surface area (Å²) in [6.07, 6.45) is 0. The predicted molar refractivity (Wildman–Crippen MR) is 115 cm³/mol. The molecular weight excluding hydrogens is 462 g/mol. The molecule has 32 heavy (non-hydrogen) atoms. The van der Waals surface area contributed by atoms with Crippen molar-refractivity contribution in [3.05, 3.63) is 47.0 Å². The minimum absolute atomic E-state index is 0.124. The second-order valence-corrected chi connectivity index (χ2v) is 7.52. The van der Waals surface area contributed by atoms with Gasteiger partial charge in [0, 0.05) is 12.3 Å². The zero-order valence-electron chi connectivity index (χ0n) is 16.9. The first kappa shape index (κ1) is 23.2. The van der Waals surface area contributed by atoms with Crippen molar-refractivity contribution in [3.8, 4) is 0 Å². The van der Waals surface area contributed by atoms with Crippen LogP contribution in [0.5, 0.6) is 0 Å². The van der Waals surface area contributed by atoms with Crippen molar-refractivity contribution in [2.45, 2.75) is 19.0 Å². The van der Waals surface area contributed by atoms with Gasteiger partial charge in [0.1, 0.15) is 30.8 Å². The van der Waals surface area contributed by atoms with Gasteiger partial charge in [-0.1, -0.05) is 35.5 Å². The molecular formula is C19H18ClN5O6S. The molecule has 0 bridgehead atoms. The molecule has 1 fully saturated rings. The van der Waals surface area contributed by atoms with Gasteiger partial charge in [-0.2, -0.15) is 5.06 Å². The quantitative estimate of drug-likeness (QED) is 0.251. The Balaban J connectivity index is 1.81. The molecule has 2 heterocycles. The van der Waals surface area contributed by atoms with E-state index in [9.17, 15) is 19.2 Å². The van der Waals surface area contributed by atoms with Crippen LogP contribution >= 0.6 is 22.9 Å². The maximum Gasteiger partial charge on any atom is 0.329 e. The van der Waals surface area contributed by atoms with Crippen molar-refractivity contribution in [2.75, 3.05) is 18.3 Å². The fourth-order valence-corrected chi connectivity index (χ4v) is 3.70. The lowest BCUT2D eigenvalue weighted by Crippen LogP contribution is -2.66. The molecule has 2 N–H and O–H groups in total. The number of nitrogens with one attached hydrogen (secondary N) is 2. The van der Waals surface area contributed by atoms with Crippen molar-refractivity contribution >= 4 is 57.5 Å². The molecule has 2 atom stereocenters. The topological polar surface area (TPSA) is 139 Å². The number of alkyl halides is 1. The van der Waals surface area contributed by atoms with Gasteiger partial charge in [-0.15, -0.1) is 22.9 Å². The van der Waals surface area contributed by atoms with Gasteiger partial charge >= 0.3 is 5.97 Å². The highest BCUT2D eigenvalue weighted by molar-refractivity contribution is 7.14. The molecule has 0 spiro atoms. The summed E-state index contributed by atoms with van der Waals surface area (Å²) in [4.78, 5) is 62.2. The molecule has 11 nitrogen and oxygen atoms in total. The summed E-state index contributed by atoms with van der Waals surface area (Å²) in [6, 6.07) is 7.04. The van der Waals surface area contributed by atoms with E-state index >= 15 is 0 Å². The summed E-state index contributed by atoms with van der Waals surface area (Å²) in [5, 5.41) is 11.4. The number of hydrogen-bond acceptors (Lipinski definition) is 9. The largest absolute Gasteiger partial charge is 0.398 e. The van der Waals surface area contributed by atoms with Crippen LogP contribution in [0, 0.1) is 0 Å². The molecule has 0 radical (unpaired) electrons. The van der Waals surface area contributed by atoms with Gasteiger partial charge in [0.25, 0.3) is 11.8 Å². The second kappa shape index (κ2) is 10.2. The maximum atomic E-state index is 12.9. The molecule has 1 aromatic heterocycles. The third-order valence-electron chi connectivity index (χ3n) is 4.22. The first-order valence-electron chi connectivity index (χ1n) is 9.16. The monoisotopic (exact) mass is 479 g/mol. The Labute approximate surface area is 191 Å². The summed E-state index contributed by atoms with van der Waals surface area (Å²) in [7, 11) is 1.25. The van der Waals surface area contributed by atoms with E-state index in [1.165, 1.54) is 19.4 Å². The average Bonchev–Trinajstić information content (AvgIpc) is 3.24. The first-order chi connectivity index (χ1) is 15.3.